The van der Waals surface area contributed by atoms with E-state index in [1.807, 2.05) is 13.0 Å². The summed E-state index contributed by atoms with van der Waals surface area (Å²) in [6, 6.07) is 2.05. The molecule has 0 spiro atoms. The van der Waals surface area contributed by atoms with Gasteiger partial charge in [0.05, 0.1) is 6.07 Å². The topological polar surface area (TPSA) is 23.8 Å². The number of rotatable bonds is 4. The summed E-state index contributed by atoms with van der Waals surface area (Å²) >= 11 is 0. The van der Waals surface area contributed by atoms with Crippen LogP contribution in [0.4, 0.5) is 0 Å². The molecule has 0 atom stereocenters. The van der Waals surface area contributed by atoms with E-state index in [2.05, 4.69) is 58.9 Å². The molecule has 0 aromatic heterocycles. The second kappa shape index (κ2) is 7.99. The Morgan fingerprint density at radius 1 is 1.09 bits per heavy atom. The lowest BCUT2D eigenvalue weighted by Gasteiger charge is -2.33. The number of nitriles is 1. The highest BCUT2D eigenvalue weighted by atomic mass is 14.3. The van der Waals surface area contributed by atoms with Gasteiger partial charge in [0.15, 0.2) is 0 Å². The molecular formula is C21H29N. The molecule has 118 valence electrons. The third-order valence-electron chi connectivity index (χ3n) is 4.55. The standard InChI is InChI=1S/C21H29N/c1-16(13-15-22)9-10-17(2)18(3)11-12-20-19(4)8-7-14-21(20,5)6/h9-13H,7-8,14H2,1-6H3/b10-9+,12-11+,16-13+,18-17+. The van der Waals surface area contributed by atoms with Crippen molar-refractivity contribution in [1.82, 2.24) is 0 Å². The second-order valence-corrected chi connectivity index (χ2v) is 6.98. The van der Waals surface area contributed by atoms with Gasteiger partial charge in [0.25, 0.3) is 0 Å². The SMILES string of the molecule is CC1=C(/C=C/C(C)=C(C)/C=C/C(C)=C/C#N)C(C)(C)CCC1. The van der Waals surface area contributed by atoms with Crippen molar-refractivity contribution >= 4 is 0 Å². The van der Waals surface area contributed by atoms with Crippen molar-refractivity contribution in [2.45, 2.75) is 60.8 Å². The summed E-state index contributed by atoms with van der Waals surface area (Å²) in [6.07, 6.45) is 14.0. The fraction of sp³-hybridized carbons (Fsp3) is 0.476. The summed E-state index contributed by atoms with van der Waals surface area (Å²) in [5.74, 6) is 0. The van der Waals surface area contributed by atoms with Crippen molar-refractivity contribution in [3.8, 4) is 6.07 Å². The predicted molar refractivity (Wildman–Crippen MR) is 96.4 cm³/mol. The van der Waals surface area contributed by atoms with Gasteiger partial charge in [-0.3, -0.25) is 0 Å². The van der Waals surface area contributed by atoms with Crippen molar-refractivity contribution in [2.24, 2.45) is 5.41 Å². The van der Waals surface area contributed by atoms with Crippen LogP contribution in [0.1, 0.15) is 60.8 Å². The van der Waals surface area contributed by atoms with Crippen LogP contribution in [0.15, 0.2) is 58.2 Å². The van der Waals surface area contributed by atoms with E-state index < -0.39 is 0 Å². The van der Waals surface area contributed by atoms with Gasteiger partial charge in [0.1, 0.15) is 0 Å². The quantitative estimate of drug-likeness (QED) is 0.433. The largest absolute Gasteiger partial charge is 0.193 e. The van der Waals surface area contributed by atoms with Gasteiger partial charge >= 0.3 is 0 Å². The van der Waals surface area contributed by atoms with E-state index in [0.717, 1.165) is 5.57 Å². The molecule has 0 aliphatic heterocycles. The molecule has 1 aliphatic carbocycles. The molecule has 0 N–H and O–H groups in total. The van der Waals surface area contributed by atoms with Gasteiger partial charge in [-0.2, -0.15) is 5.26 Å². The Morgan fingerprint density at radius 3 is 2.32 bits per heavy atom. The fourth-order valence-electron chi connectivity index (χ4n) is 2.89. The lowest BCUT2D eigenvalue weighted by molar-refractivity contribution is 0.377. The normalized spacial score (nSPS) is 20.5. The molecule has 0 fully saturated rings. The third-order valence-corrected chi connectivity index (χ3v) is 4.55. The molecule has 0 heterocycles. The van der Waals surface area contributed by atoms with Crippen LogP contribution in [0, 0.1) is 16.7 Å². The van der Waals surface area contributed by atoms with Gasteiger partial charge in [-0.05, 0) is 74.7 Å². The van der Waals surface area contributed by atoms with Gasteiger partial charge in [0.2, 0.25) is 0 Å². The van der Waals surface area contributed by atoms with Gasteiger partial charge < -0.3 is 0 Å². The first-order valence-electron chi connectivity index (χ1n) is 8.08. The van der Waals surface area contributed by atoms with Crippen molar-refractivity contribution in [3.05, 3.63) is 58.2 Å². The molecule has 0 saturated carbocycles. The first-order valence-corrected chi connectivity index (χ1v) is 8.08. The lowest BCUT2D eigenvalue weighted by Crippen LogP contribution is -2.19. The predicted octanol–water partition coefficient (Wildman–Crippen LogP) is 6.43. The zero-order valence-electron chi connectivity index (χ0n) is 15.0. The molecule has 1 nitrogen and oxygen atoms in total. The van der Waals surface area contributed by atoms with E-state index >= 15 is 0 Å². The summed E-state index contributed by atoms with van der Waals surface area (Å²) in [7, 11) is 0. The number of hydrogen-bond acceptors (Lipinski definition) is 1. The summed E-state index contributed by atoms with van der Waals surface area (Å²) in [5, 5.41) is 8.62. The van der Waals surface area contributed by atoms with E-state index in [9.17, 15) is 0 Å². The van der Waals surface area contributed by atoms with Crippen LogP contribution < -0.4 is 0 Å². The fourth-order valence-corrected chi connectivity index (χ4v) is 2.89. The molecule has 0 saturated heterocycles. The lowest BCUT2D eigenvalue weighted by atomic mass is 9.72. The van der Waals surface area contributed by atoms with E-state index in [4.69, 9.17) is 5.26 Å². The minimum Gasteiger partial charge on any atom is -0.193 e. The molecule has 0 unspecified atom stereocenters. The zero-order valence-corrected chi connectivity index (χ0v) is 15.0. The number of allylic oxidation sites excluding steroid dienone is 10. The molecule has 0 aromatic carbocycles. The number of nitrogens with zero attached hydrogens (tertiary/aromatic N) is 1. The average molecular weight is 295 g/mol. The first-order chi connectivity index (χ1) is 10.3. The Labute approximate surface area is 136 Å². The summed E-state index contributed by atoms with van der Waals surface area (Å²) in [6.45, 7) is 13.2. The van der Waals surface area contributed by atoms with Gasteiger partial charge in [-0.25, -0.2) is 0 Å². The van der Waals surface area contributed by atoms with Gasteiger partial charge in [-0.15, -0.1) is 0 Å². The van der Waals surface area contributed by atoms with Crippen molar-refractivity contribution in [2.75, 3.05) is 0 Å². The Kier molecular flexibility index (Phi) is 6.62. The molecule has 22 heavy (non-hydrogen) atoms. The van der Waals surface area contributed by atoms with Crippen LogP contribution in [0.3, 0.4) is 0 Å². The minimum atomic E-state index is 0.287. The average Bonchev–Trinajstić information content (AvgIpc) is 2.43. The Balaban J connectivity index is 2.95. The van der Waals surface area contributed by atoms with E-state index in [0.29, 0.717) is 0 Å². The maximum Gasteiger partial charge on any atom is 0.0914 e. The van der Waals surface area contributed by atoms with Gasteiger partial charge in [0, 0.05) is 6.08 Å². The summed E-state index contributed by atoms with van der Waals surface area (Å²) in [5.41, 5.74) is 6.79. The van der Waals surface area contributed by atoms with E-state index in [1.165, 1.54) is 41.6 Å². The van der Waals surface area contributed by atoms with Crippen molar-refractivity contribution in [3.63, 3.8) is 0 Å². The monoisotopic (exact) mass is 295 g/mol. The zero-order chi connectivity index (χ0) is 16.8. The van der Waals surface area contributed by atoms with Crippen LogP contribution in [0.5, 0.6) is 0 Å². The van der Waals surface area contributed by atoms with E-state index in [1.54, 1.807) is 6.08 Å². The van der Waals surface area contributed by atoms with Crippen LogP contribution in [0.2, 0.25) is 0 Å². The molecule has 1 heteroatoms. The highest BCUT2D eigenvalue weighted by Gasteiger charge is 2.26. The van der Waals surface area contributed by atoms with Crippen LogP contribution in [0.25, 0.3) is 0 Å². The maximum absolute atomic E-state index is 8.62. The number of hydrogen-bond donors (Lipinski definition) is 0. The van der Waals surface area contributed by atoms with Crippen molar-refractivity contribution in [1.29, 1.82) is 5.26 Å². The summed E-state index contributed by atoms with van der Waals surface area (Å²) < 4.78 is 0. The Hall–Kier alpha value is -1.81. The highest BCUT2D eigenvalue weighted by molar-refractivity contribution is 5.39. The van der Waals surface area contributed by atoms with E-state index in [-0.39, 0.29) is 5.41 Å². The van der Waals surface area contributed by atoms with Gasteiger partial charge in [-0.1, -0.05) is 43.7 Å². The molecule has 0 aromatic rings. The maximum atomic E-state index is 8.62. The summed E-state index contributed by atoms with van der Waals surface area (Å²) in [4.78, 5) is 0. The molecule has 1 aliphatic rings. The Bertz CT molecular complexity index is 598. The van der Waals surface area contributed by atoms with Crippen LogP contribution >= 0.6 is 0 Å². The minimum absolute atomic E-state index is 0.287. The van der Waals surface area contributed by atoms with Crippen LogP contribution in [-0.2, 0) is 0 Å². The molecule has 0 bridgehead atoms. The first kappa shape index (κ1) is 18.2. The smallest absolute Gasteiger partial charge is 0.0914 e. The molecule has 0 radical (unpaired) electrons. The third kappa shape index (κ3) is 5.19. The van der Waals surface area contributed by atoms with Crippen molar-refractivity contribution < 1.29 is 0 Å². The van der Waals surface area contributed by atoms with Crippen LogP contribution in [-0.4, -0.2) is 0 Å². The Morgan fingerprint density at radius 2 is 1.73 bits per heavy atom. The molecule has 1 rings (SSSR count). The highest BCUT2D eigenvalue weighted by Crippen LogP contribution is 2.40. The second-order valence-electron chi connectivity index (χ2n) is 6.98. The molecule has 0 amide bonds. The molecular weight excluding hydrogens is 266 g/mol.